The molecule has 4 nitrogen and oxygen atoms in total. The Balaban J connectivity index is 1.48. The number of piperidine rings is 1. The lowest BCUT2D eigenvalue weighted by molar-refractivity contribution is -0.143. The van der Waals surface area contributed by atoms with Crippen LogP contribution in [0.2, 0.25) is 0 Å². The molecule has 0 amide bonds. The molecule has 0 saturated carbocycles. The van der Waals surface area contributed by atoms with Gasteiger partial charge < -0.3 is 9.84 Å². The molecule has 0 bridgehead atoms. The number of benzene rings is 3. The Hall–Kier alpha value is -3.15. The summed E-state index contributed by atoms with van der Waals surface area (Å²) in [5.41, 5.74) is 2.27. The summed E-state index contributed by atoms with van der Waals surface area (Å²) in [6.45, 7) is 1.96. The van der Waals surface area contributed by atoms with Crippen molar-refractivity contribution in [3.63, 3.8) is 0 Å². The Morgan fingerprint density at radius 2 is 1.85 bits per heavy atom. The molecule has 5 heteroatoms. The van der Waals surface area contributed by atoms with Gasteiger partial charge in [0, 0.05) is 16.1 Å². The summed E-state index contributed by atoms with van der Waals surface area (Å²) in [6.07, 6.45) is 1.63. The van der Waals surface area contributed by atoms with Gasteiger partial charge in [-0.2, -0.15) is 0 Å². The summed E-state index contributed by atoms with van der Waals surface area (Å²) < 4.78 is 7.37. The first-order chi connectivity index (χ1) is 16.2. The fraction of sp³-hybridized carbons (Fsp3) is 0.250. The van der Waals surface area contributed by atoms with E-state index in [2.05, 4.69) is 59.5 Å². The predicted octanol–water partition coefficient (Wildman–Crippen LogP) is 6.37. The van der Waals surface area contributed by atoms with Crippen molar-refractivity contribution in [2.75, 3.05) is 13.1 Å². The van der Waals surface area contributed by atoms with E-state index in [-0.39, 0.29) is 12.0 Å². The highest BCUT2D eigenvalue weighted by Crippen LogP contribution is 2.39. The van der Waals surface area contributed by atoms with Gasteiger partial charge >= 0.3 is 5.97 Å². The molecule has 5 rings (SSSR count). The Morgan fingerprint density at radius 1 is 1.03 bits per heavy atom. The number of nitrogens with zero attached hydrogens (tertiary/aromatic N) is 1. The third-order valence-electron chi connectivity index (χ3n) is 6.30. The van der Waals surface area contributed by atoms with Crippen LogP contribution in [0.3, 0.4) is 0 Å². The monoisotopic (exact) mass is 457 g/mol. The second-order valence-electron chi connectivity index (χ2n) is 8.61. The van der Waals surface area contributed by atoms with E-state index in [0.29, 0.717) is 13.2 Å². The van der Waals surface area contributed by atoms with E-state index < -0.39 is 5.97 Å². The van der Waals surface area contributed by atoms with Gasteiger partial charge in [-0.15, -0.1) is 11.3 Å². The molecule has 2 atom stereocenters. The van der Waals surface area contributed by atoms with Gasteiger partial charge in [-0.1, -0.05) is 60.7 Å². The maximum Gasteiger partial charge on any atom is 0.307 e. The number of hydrogen-bond acceptors (Lipinski definition) is 4. The lowest BCUT2D eigenvalue weighted by Gasteiger charge is -2.37. The van der Waals surface area contributed by atoms with E-state index in [9.17, 15) is 9.90 Å². The van der Waals surface area contributed by atoms with Crippen molar-refractivity contribution in [2.24, 2.45) is 5.92 Å². The zero-order valence-corrected chi connectivity index (χ0v) is 19.2. The molecule has 168 valence electrons. The molecule has 33 heavy (non-hydrogen) atoms. The molecule has 1 fully saturated rings. The van der Waals surface area contributed by atoms with Gasteiger partial charge in [-0.05, 0) is 60.2 Å². The molecule has 2 unspecified atom stereocenters. The van der Waals surface area contributed by atoms with E-state index in [0.717, 1.165) is 36.3 Å². The van der Waals surface area contributed by atoms with Crippen LogP contribution in [0.25, 0.3) is 10.1 Å². The molecule has 0 radical (unpaired) electrons. The number of ether oxygens (including phenoxy) is 1. The van der Waals surface area contributed by atoms with Crippen LogP contribution in [-0.4, -0.2) is 29.1 Å². The first kappa shape index (κ1) is 21.7. The SMILES string of the molecule is O=C(O)C1CCCN(C(c2cccc(OCc3ccccc3)c2)c2cc3ccccc3s2)C1. The van der Waals surface area contributed by atoms with Gasteiger partial charge in [-0.25, -0.2) is 0 Å². The molecule has 0 spiro atoms. The van der Waals surface area contributed by atoms with Crippen molar-refractivity contribution in [1.82, 2.24) is 4.90 Å². The van der Waals surface area contributed by atoms with E-state index in [1.807, 2.05) is 30.3 Å². The van der Waals surface area contributed by atoms with Gasteiger partial charge in [0.25, 0.3) is 0 Å². The van der Waals surface area contributed by atoms with Crippen molar-refractivity contribution in [2.45, 2.75) is 25.5 Å². The van der Waals surface area contributed by atoms with E-state index in [4.69, 9.17) is 4.74 Å². The zero-order chi connectivity index (χ0) is 22.6. The molecule has 0 aliphatic carbocycles. The van der Waals surface area contributed by atoms with Crippen LogP contribution in [0.5, 0.6) is 5.75 Å². The average Bonchev–Trinajstić information content (AvgIpc) is 3.27. The molecule has 2 heterocycles. The van der Waals surface area contributed by atoms with Crippen LogP contribution in [0.15, 0.2) is 84.9 Å². The van der Waals surface area contributed by atoms with Gasteiger partial charge in [0.05, 0.1) is 12.0 Å². The molecule has 1 aliphatic rings. The quantitative estimate of drug-likeness (QED) is 0.350. The van der Waals surface area contributed by atoms with Crippen molar-refractivity contribution in [1.29, 1.82) is 0 Å². The van der Waals surface area contributed by atoms with Crippen LogP contribution in [0, 0.1) is 5.92 Å². The topological polar surface area (TPSA) is 49.8 Å². The van der Waals surface area contributed by atoms with Crippen LogP contribution in [0.1, 0.15) is 34.9 Å². The average molecular weight is 458 g/mol. The smallest absolute Gasteiger partial charge is 0.307 e. The van der Waals surface area contributed by atoms with Crippen LogP contribution in [0.4, 0.5) is 0 Å². The number of fused-ring (bicyclic) bond motifs is 1. The fourth-order valence-electron chi connectivity index (χ4n) is 4.65. The second kappa shape index (κ2) is 9.77. The zero-order valence-electron chi connectivity index (χ0n) is 18.4. The lowest BCUT2D eigenvalue weighted by Crippen LogP contribution is -2.41. The molecular weight excluding hydrogens is 430 g/mol. The summed E-state index contributed by atoms with van der Waals surface area (Å²) >= 11 is 1.79. The number of likely N-dealkylation sites (tertiary alicyclic amines) is 1. The van der Waals surface area contributed by atoms with Crippen molar-refractivity contribution >= 4 is 27.4 Å². The van der Waals surface area contributed by atoms with Gasteiger partial charge in [0.15, 0.2) is 0 Å². The van der Waals surface area contributed by atoms with Gasteiger partial charge in [-0.3, -0.25) is 9.69 Å². The Bertz CT molecular complexity index is 1200. The van der Waals surface area contributed by atoms with Crippen LogP contribution >= 0.6 is 11.3 Å². The fourth-order valence-corrected chi connectivity index (χ4v) is 5.88. The molecule has 1 aliphatic heterocycles. The predicted molar refractivity (Wildman–Crippen MR) is 133 cm³/mol. The molecular formula is C28H27NO3S. The second-order valence-corrected chi connectivity index (χ2v) is 9.72. The minimum atomic E-state index is -0.699. The number of carboxylic acids is 1. The standard InChI is InChI=1S/C28H27NO3S/c30-28(31)23-12-7-15-29(18-23)27(26-17-21-10-4-5-14-25(21)33-26)22-11-6-13-24(16-22)32-19-20-8-2-1-3-9-20/h1-6,8-11,13-14,16-17,23,27H,7,12,15,18-19H2,(H,30,31). The Morgan fingerprint density at radius 3 is 2.67 bits per heavy atom. The van der Waals surface area contributed by atoms with Crippen LogP contribution in [-0.2, 0) is 11.4 Å². The highest BCUT2D eigenvalue weighted by molar-refractivity contribution is 7.19. The normalized spacial score (nSPS) is 17.6. The number of carboxylic acid groups (broad SMARTS) is 1. The summed E-state index contributed by atoms with van der Waals surface area (Å²) in [5.74, 6) is -0.197. The first-order valence-corrected chi connectivity index (χ1v) is 12.2. The highest BCUT2D eigenvalue weighted by atomic mass is 32.1. The highest BCUT2D eigenvalue weighted by Gasteiger charge is 2.32. The number of aliphatic carboxylic acids is 1. The summed E-state index contributed by atoms with van der Waals surface area (Å²) in [7, 11) is 0. The number of hydrogen-bond donors (Lipinski definition) is 1. The minimum Gasteiger partial charge on any atom is -0.489 e. The minimum absolute atomic E-state index is 0.00447. The molecule has 1 aromatic heterocycles. The van der Waals surface area contributed by atoms with E-state index >= 15 is 0 Å². The lowest BCUT2D eigenvalue weighted by atomic mass is 9.94. The maximum absolute atomic E-state index is 11.8. The van der Waals surface area contributed by atoms with Gasteiger partial charge in [0.1, 0.15) is 12.4 Å². The maximum atomic E-state index is 11.8. The van der Waals surface area contributed by atoms with E-state index in [1.165, 1.54) is 15.0 Å². The summed E-state index contributed by atoms with van der Waals surface area (Å²) in [4.78, 5) is 15.3. The molecule has 4 aromatic rings. The third kappa shape index (κ3) is 4.95. The number of carbonyl (C=O) groups is 1. The number of rotatable bonds is 7. The Kier molecular flexibility index (Phi) is 6.42. The summed E-state index contributed by atoms with van der Waals surface area (Å²) in [6, 6.07) is 29.1. The van der Waals surface area contributed by atoms with E-state index in [1.54, 1.807) is 11.3 Å². The Labute approximate surface area is 198 Å². The van der Waals surface area contributed by atoms with Crippen molar-refractivity contribution < 1.29 is 14.6 Å². The van der Waals surface area contributed by atoms with Crippen molar-refractivity contribution in [3.05, 3.63) is 101 Å². The first-order valence-electron chi connectivity index (χ1n) is 11.4. The van der Waals surface area contributed by atoms with Gasteiger partial charge in [0.2, 0.25) is 0 Å². The van der Waals surface area contributed by atoms with Crippen molar-refractivity contribution in [3.8, 4) is 5.75 Å². The summed E-state index contributed by atoms with van der Waals surface area (Å²) in [5, 5.41) is 10.9. The molecule has 1 N–H and O–H groups in total. The largest absolute Gasteiger partial charge is 0.489 e. The van der Waals surface area contributed by atoms with Crippen LogP contribution < -0.4 is 4.74 Å². The molecule has 3 aromatic carbocycles. The molecule has 1 saturated heterocycles. The number of thiophene rings is 1. The third-order valence-corrected chi connectivity index (χ3v) is 7.47.